The van der Waals surface area contributed by atoms with Gasteiger partial charge >= 0.3 is 0 Å². The van der Waals surface area contributed by atoms with E-state index in [2.05, 4.69) is 16.5 Å². The molecule has 1 amide bonds. The molecule has 1 aliphatic heterocycles. The highest BCUT2D eigenvalue weighted by atomic mass is 16.1. The lowest BCUT2D eigenvalue weighted by molar-refractivity contribution is 0.100. The van der Waals surface area contributed by atoms with E-state index in [1.165, 1.54) is 54.9 Å². The van der Waals surface area contributed by atoms with E-state index in [-0.39, 0.29) is 5.91 Å². The van der Waals surface area contributed by atoms with Gasteiger partial charge in [-0.15, -0.1) is 0 Å². The van der Waals surface area contributed by atoms with E-state index in [1.54, 1.807) is 0 Å². The van der Waals surface area contributed by atoms with Crippen molar-refractivity contribution in [3.63, 3.8) is 0 Å². The highest BCUT2D eigenvalue weighted by Gasteiger charge is 2.31. The minimum Gasteiger partial charge on any atom is -0.366 e. The van der Waals surface area contributed by atoms with Gasteiger partial charge in [0, 0.05) is 24.8 Å². The number of aryl methyl sites for hydroxylation is 1. The molecule has 0 unspecified atom stereocenters. The van der Waals surface area contributed by atoms with Crippen molar-refractivity contribution in [1.29, 1.82) is 0 Å². The molecular weight excluding hydrogens is 312 g/mol. The second-order valence-electron chi connectivity index (χ2n) is 7.32. The number of nitrogens with zero attached hydrogens (tertiary/aromatic N) is 3. The average Bonchev–Trinajstić information content (AvgIpc) is 3.20. The predicted octanol–water partition coefficient (Wildman–Crippen LogP) is 2.73. The Balaban J connectivity index is 1.54. The number of hydrogen-bond donors (Lipinski definition) is 1. The molecule has 1 atom stereocenters. The number of imidazole rings is 1. The molecule has 132 valence electrons. The maximum atomic E-state index is 11.2. The molecule has 0 bridgehead atoms. The summed E-state index contributed by atoms with van der Waals surface area (Å²) in [6.45, 7) is 1.99. The molecule has 0 saturated carbocycles. The first-order chi connectivity index (χ1) is 12.1. The monoisotopic (exact) mass is 338 g/mol. The van der Waals surface area contributed by atoms with Gasteiger partial charge in [-0.3, -0.25) is 9.69 Å². The Morgan fingerprint density at radius 3 is 2.68 bits per heavy atom. The van der Waals surface area contributed by atoms with Crippen LogP contribution in [0.5, 0.6) is 0 Å². The highest BCUT2D eigenvalue weighted by molar-refractivity contribution is 5.92. The number of benzene rings is 1. The van der Waals surface area contributed by atoms with Gasteiger partial charge in [-0.05, 0) is 62.8 Å². The number of rotatable bonds is 4. The highest BCUT2D eigenvalue weighted by Crippen LogP contribution is 2.34. The second kappa shape index (κ2) is 6.64. The van der Waals surface area contributed by atoms with Crippen LogP contribution in [0.1, 0.15) is 64.9 Å². The van der Waals surface area contributed by atoms with E-state index in [4.69, 9.17) is 10.7 Å². The summed E-state index contributed by atoms with van der Waals surface area (Å²) < 4.78 is 2.35. The van der Waals surface area contributed by atoms with Gasteiger partial charge < -0.3 is 10.3 Å². The Labute approximate surface area is 148 Å². The summed E-state index contributed by atoms with van der Waals surface area (Å²) in [5.41, 5.74) is 9.88. The van der Waals surface area contributed by atoms with Gasteiger partial charge in [0.1, 0.15) is 5.82 Å². The zero-order valence-electron chi connectivity index (χ0n) is 14.9. The first-order valence-electron chi connectivity index (χ1n) is 9.30. The Morgan fingerprint density at radius 2 is 1.96 bits per heavy atom. The van der Waals surface area contributed by atoms with Crippen molar-refractivity contribution >= 4 is 5.91 Å². The van der Waals surface area contributed by atoms with Crippen LogP contribution in [0.4, 0.5) is 0 Å². The molecule has 5 heteroatoms. The standard InChI is InChI=1S/C20H26N4O/c1-23-17-6-3-2-5-16(17)22-20(23)18-7-4-12-24(18)13-14-8-10-15(11-9-14)19(21)25/h8-11,18H,2-7,12-13H2,1H3,(H2,21,25)/t18-/m1/s1. The number of carbonyl (C=O) groups is 1. The molecule has 4 rings (SSSR count). The molecule has 1 aliphatic carbocycles. The number of carbonyl (C=O) groups excluding carboxylic acids is 1. The normalized spacial score (nSPS) is 20.6. The van der Waals surface area contributed by atoms with Crippen LogP contribution in [-0.2, 0) is 26.4 Å². The minimum atomic E-state index is -0.371. The van der Waals surface area contributed by atoms with Gasteiger partial charge in [0.25, 0.3) is 0 Å². The number of fused-ring (bicyclic) bond motifs is 1. The smallest absolute Gasteiger partial charge is 0.248 e. The Morgan fingerprint density at radius 1 is 1.20 bits per heavy atom. The topological polar surface area (TPSA) is 64.2 Å². The molecule has 1 saturated heterocycles. The van der Waals surface area contributed by atoms with Crippen molar-refractivity contribution in [2.75, 3.05) is 6.54 Å². The quantitative estimate of drug-likeness (QED) is 0.932. The van der Waals surface area contributed by atoms with Crippen LogP contribution in [0.25, 0.3) is 0 Å². The Bertz CT molecular complexity index is 778. The van der Waals surface area contributed by atoms with E-state index in [1.807, 2.05) is 24.3 Å². The summed E-state index contributed by atoms with van der Waals surface area (Å²) in [6, 6.07) is 8.06. The van der Waals surface area contributed by atoms with Crippen LogP contribution >= 0.6 is 0 Å². The van der Waals surface area contributed by atoms with Gasteiger partial charge in [-0.2, -0.15) is 0 Å². The Kier molecular flexibility index (Phi) is 4.34. The number of hydrogen-bond acceptors (Lipinski definition) is 3. The molecular formula is C20H26N4O. The van der Waals surface area contributed by atoms with E-state index < -0.39 is 0 Å². The van der Waals surface area contributed by atoms with E-state index in [0.717, 1.165) is 19.5 Å². The lowest BCUT2D eigenvalue weighted by Crippen LogP contribution is -2.25. The van der Waals surface area contributed by atoms with E-state index in [0.29, 0.717) is 11.6 Å². The third-order valence-corrected chi connectivity index (χ3v) is 5.69. The van der Waals surface area contributed by atoms with Crippen LogP contribution in [0.3, 0.4) is 0 Å². The average molecular weight is 338 g/mol. The molecule has 5 nitrogen and oxygen atoms in total. The van der Waals surface area contributed by atoms with Crippen molar-refractivity contribution < 1.29 is 4.79 Å². The van der Waals surface area contributed by atoms with Gasteiger partial charge in [0.2, 0.25) is 5.91 Å². The number of likely N-dealkylation sites (tertiary alicyclic amines) is 1. The third kappa shape index (κ3) is 3.09. The van der Waals surface area contributed by atoms with Crippen LogP contribution in [0, 0.1) is 0 Å². The lowest BCUT2D eigenvalue weighted by atomic mass is 10.0. The largest absolute Gasteiger partial charge is 0.366 e. The lowest BCUT2D eigenvalue weighted by Gasteiger charge is -2.24. The number of nitrogens with two attached hydrogens (primary N) is 1. The Hall–Kier alpha value is -2.14. The van der Waals surface area contributed by atoms with Crippen LogP contribution in [0.15, 0.2) is 24.3 Å². The van der Waals surface area contributed by atoms with Crippen LogP contribution in [-0.4, -0.2) is 26.9 Å². The maximum Gasteiger partial charge on any atom is 0.248 e. The van der Waals surface area contributed by atoms with Crippen molar-refractivity contribution in [2.24, 2.45) is 12.8 Å². The first kappa shape index (κ1) is 16.3. The summed E-state index contributed by atoms with van der Waals surface area (Å²) in [6.07, 6.45) is 7.23. The fraction of sp³-hybridized carbons (Fsp3) is 0.500. The zero-order valence-corrected chi connectivity index (χ0v) is 14.9. The van der Waals surface area contributed by atoms with Crippen LogP contribution < -0.4 is 5.73 Å². The molecule has 0 radical (unpaired) electrons. The van der Waals surface area contributed by atoms with Crippen molar-refractivity contribution in [2.45, 2.75) is 51.1 Å². The molecule has 2 N–H and O–H groups in total. The van der Waals surface area contributed by atoms with Gasteiger partial charge in [0.15, 0.2) is 0 Å². The molecule has 1 aromatic carbocycles. The van der Waals surface area contributed by atoms with Crippen molar-refractivity contribution in [1.82, 2.24) is 14.5 Å². The van der Waals surface area contributed by atoms with E-state index >= 15 is 0 Å². The fourth-order valence-corrected chi connectivity index (χ4v) is 4.32. The molecule has 2 heterocycles. The molecule has 2 aliphatic rings. The summed E-state index contributed by atoms with van der Waals surface area (Å²) in [5, 5.41) is 0. The number of amides is 1. The molecule has 0 spiro atoms. The number of aromatic nitrogens is 2. The number of primary amides is 1. The fourth-order valence-electron chi connectivity index (χ4n) is 4.32. The van der Waals surface area contributed by atoms with Gasteiger partial charge in [-0.1, -0.05) is 12.1 Å². The summed E-state index contributed by atoms with van der Waals surface area (Å²) in [7, 11) is 2.19. The van der Waals surface area contributed by atoms with Gasteiger partial charge in [0.05, 0.1) is 11.7 Å². The van der Waals surface area contributed by atoms with Crippen molar-refractivity contribution in [3.05, 3.63) is 52.6 Å². The van der Waals surface area contributed by atoms with Crippen LogP contribution in [0.2, 0.25) is 0 Å². The third-order valence-electron chi connectivity index (χ3n) is 5.69. The van der Waals surface area contributed by atoms with E-state index in [9.17, 15) is 4.79 Å². The predicted molar refractivity (Wildman–Crippen MR) is 97.2 cm³/mol. The van der Waals surface area contributed by atoms with Gasteiger partial charge in [-0.25, -0.2) is 4.98 Å². The molecule has 25 heavy (non-hydrogen) atoms. The summed E-state index contributed by atoms with van der Waals surface area (Å²) in [5.74, 6) is 0.863. The molecule has 2 aromatic rings. The summed E-state index contributed by atoms with van der Waals surface area (Å²) in [4.78, 5) is 18.8. The maximum absolute atomic E-state index is 11.2. The minimum absolute atomic E-state index is 0.371. The summed E-state index contributed by atoms with van der Waals surface area (Å²) >= 11 is 0. The molecule has 1 aromatic heterocycles. The molecule has 1 fully saturated rings. The zero-order chi connectivity index (χ0) is 17.4. The SMILES string of the molecule is Cn1c([C@H]2CCCN2Cc2ccc(C(N)=O)cc2)nc2c1CCCC2. The van der Waals surface area contributed by atoms with Crippen molar-refractivity contribution in [3.8, 4) is 0 Å². The first-order valence-corrected chi connectivity index (χ1v) is 9.30. The second-order valence-corrected chi connectivity index (χ2v) is 7.32.